The average molecular weight is 507 g/mol. The van der Waals surface area contributed by atoms with E-state index in [0.717, 1.165) is 22.4 Å². The maximum atomic E-state index is 3.68. The van der Waals surface area contributed by atoms with Crippen molar-refractivity contribution in [3.63, 3.8) is 0 Å². The van der Waals surface area contributed by atoms with E-state index in [9.17, 15) is 0 Å². The number of fused-ring (bicyclic) bond motifs is 3. The van der Waals surface area contributed by atoms with Gasteiger partial charge in [0.2, 0.25) is 0 Å². The molecule has 2 radical (unpaired) electrons. The first-order valence-corrected chi connectivity index (χ1v) is 11.5. The molecule has 0 saturated carbocycles. The van der Waals surface area contributed by atoms with Crippen LogP contribution in [0.15, 0.2) is 54.1 Å². The summed E-state index contributed by atoms with van der Waals surface area (Å²) in [6.07, 6.45) is 6.78. The largest absolute Gasteiger partial charge is 3.00 e. The van der Waals surface area contributed by atoms with Gasteiger partial charge in [0.1, 0.15) is 0 Å². The molecular formula is C24H28Cl2SiZr. The summed E-state index contributed by atoms with van der Waals surface area (Å²) in [5, 5.41) is 0. The van der Waals surface area contributed by atoms with Crippen molar-refractivity contribution in [2.24, 2.45) is 5.41 Å². The molecule has 2 aliphatic carbocycles. The zero-order valence-electron chi connectivity index (χ0n) is 17.4. The van der Waals surface area contributed by atoms with E-state index in [1.54, 1.807) is 0 Å². The summed E-state index contributed by atoms with van der Waals surface area (Å²) < 4.78 is 0. The summed E-state index contributed by atoms with van der Waals surface area (Å²) in [5.74, 6) is 0. The summed E-state index contributed by atoms with van der Waals surface area (Å²) >= 11 is 0. The Labute approximate surface area is 205 Å². The third-order valence-electron chi connectivity index (χ3n) is 4.79. The van der Waals surface area contributed by atoms with Gasteiger partial charge in [0.25, 0.3) is 0 Å². The van der Waals surface area contributed by atoms with Crippen LogP contribution >= 0.6 is 0 Å². The van der Waals surface area contributed by atoms with E-state index in [4.69, 9.17) is 0 Å². The zero-order chi connectivity index (χ0) is 18.0. The molecule has 2 aromatic carbocycles. The molecule has 0 unspecified atom stereocenters. The second-order valence-corrected chi connectivity index (χ2v) is 9.11. The molecule has 0 fully saturated rings. The molecule has 2 aliphatic rings. The fraction of sp³-hybridized carbons (Fsp3) is 0.333. The zero-order valence-corrected chi connectivity index (χ0v) is 22.5. The average Bonchev–Trinajstić information content (AvgIpc) is 3.19. The third-order valence-corrected chi connectivity index (χ3v) is 4.79. The molecule has 4 rings (SSSR count). The second-order valence-electron chi connectivity index (χ2n) is 7.96. The van der Waals surface area contributed by atoms with Gasteiger partial charge in [-0.15, -0.1) is 34.9 Å². The Balaban J connectivity index is 0.00000115. The maximum absolute atomic E-state index is 3.68. The van der Waals surface area contributed by atoms with Crippen molar-refractivity contribution < 1.29 is 51.0 Å². The van der Waals surface area contributed by atoms with Crippen molar-refractivity contribution in [2.45, 2.75) is 46.7 Å². The smallest absolute Gasteiger partial charge is 1.00 e. The molecule has 0 saturated heterocycles. The molecule has 0 aliphatic heterocycles. The van der Waals surface area contributed by atoms with Gasteiger partial charge in [-0.05, 0) is 23.8 Å². The molecule has 0 heterocycles. The Bertz CT molecular complexity index is 848. The van der Waals surface area contributed by atoms with E-state index < -0.39 is 0 Å². The fourth-order valence-electron chi connectivity index (χ4n) is 3.48. The van der Waals surface area contributed by atoms with E-state index in [1.807, 2.05) is 0 Å². The monoisotopic (exact) mass is 504 g/mol. The molecule has 0 atom stereocenters. The van der Waals surface area contributed by atoms with E-state index >= 15 is 0 Å². The Kier molecular flexibility index (Phi) is 11.5. The summed E-state index contributed by atoms with van der Waals surface area (Å²) in [4.78, 5) is 0. The molecule has 0 amide bonds. The molecule has 0 N–H and O–H groups in total. The quantitative estimate of drug-likeness (QED) is 0.330. The molecule has 0 nitrogen and oxygen atoms in total. The van der Waals surface area contributed by atoms with Crippen LogP contribution in [0.4, 0.5) is 0 Å². The minimum atomic E-state index is 0. The van der Waals surface area contributed by atoms with Crippen LogP contribution in [0.25, 0.3) is 16.7 Å². The van der Waals surface area contributed by atoms with E-state index in [-0.39, 0.29) is 56.4 Å². The number of hydrogen-bond acceptors (Lipinski definition) is 0. The Morgan fingerprint density at radius 3 is 2.18 bits per heavy atom. The van der Waals surface area contributed by atoms with Crippen LogP contribution < -0.4 is 24.8 Å². The van der Waals surface area contributed by atoms with Gasteiger partial charge in [-0.25, -0.2) is 0 Å². The predicted molar refractivity (Wildman–Crippen MR) is 113 cm³/mol. The first-order valence-electron chi connectivity index (χ1n) is 9.23. The first-order chi connectivity index (χ1) is 11.9. The molecule has 28 heavy (non-hydrogen) atoms. The van der Waals surface area contributed by atoms with Gasteiger partial charge in [-0.1, -0.05) is 87.0 Å². The standard InChI is InChI=1S/C22H21.C2H7Si.2ClH.Zr/c1-22(2,3)19-10-8-16(14-19)15-9-11-21-18(12-15)13-17-6-4-5-7-20(17)21;1-3-2;;;/h4-7,9-11,14H,8,13H2,1-3H3;3H,1-2H3;2*1H;/q-1;;;;+3/p-2. The SMILES string of the molecule is CC(C)(C)C1=CCC(c2[c-]c3c(cc2)-c2ccccc2C3)=C1.C[SiH]C.[Cl-].[Cl-].[Zr+3]. The molecule has 0 aromatic heterocycles. The van der Waals surface area contributed by atoms with Crippen molar-refractivity contribution in [3.05, 3.63) is 76.9 Å². The van der Waals surface area contributed by atoms with Gasteiger partial charge in [-0.3, -0.25) is 0 Å². The van der Waals surface area contributed by atoms with Crippen molar-refractivity contribution >= 4 is 15.1 Å². The van der Waals surface area contributed by atoms with Crippen LogP contribution in [0.3, 0.4) is 0 Å². The van der Waals surface area contributed by atoms with Crippen molar-refractivity contribution in [1.29, 1.82) is 0 Å². The van der Waals surface area contributed by atoms with Crippen molar-refractivity contribution in [1.82, 2.24) is 0 Å². The molecule has 146 valence electrons. The summed E-state index contributed by atoms with van der Waals surface area (Å²) in [7, 11) is 0.750. The van der Waals surface area contributed by atoms with Gasteiger partial charge in [0.05, 0.1) is 0 Å². The Morgan fingerprint density at radius 1 is 0.929 bits per heavy atom. The molecule has 0 bridgehead atoms. The third kappa shape index (κ3) is 6.05. The normalized spacial score (nSPS) is 13.3. The van der Waals surface area contributed by atoms with Gasteiger partial charge in [-0.2, -0.15) is 0 Å². The first kappa shape index (κ1) is 27.6. The van der Waals surface area contributed by atoms with Gasteiger partial charge in [0.15, 0.2) is 0 Å². The number of rotatable bonds is 1. The summed E-state index contributed by atoms with van der Waals surface area (Å²) in [6, 6.07) is 16.9. The topological polar surface area (TPSA) is 0 Å². The van der Waals surface area contributed by atoms with Crippen LogP contribution in [0.1, 0.15) is 43.9 Å². The fourth-order valence-corrected chi connectivity index (χ4v) is 3.48. The molecular weight excluding hydrogens is 478 g/mol. The number of halogens is 2. The van der Waals surface area contributed by atoms with Crippen molar-refractivity contribution in [2.75, 3.05) is 0 Å². The van der Waals surface area contributed by atoms with E-state index in [0.29, 0.717) is 0 Å². The number of benzene rings is 2. The van der Waals surface area contributed by atoms with E-state index in [1.165, 1.54) is 39.0 Å². The van der Waals surface area contributed by atoms with Crippen LogP contribution in [-0.2, 0) is 32.6 Å². The van der Waals surface area contributed by atoms with Gasteiger partial charge >= 0.3 is 26.2 Å². The molecule has 4 heteroatoms. The van der Waals surface area contributed by atoms with Gasteiger partial charge in [0, 0.05) is 9.52 Å². The molecule has 0 spiro atoms. The van der Waals surface area contributed by atoms with Crippen LogP contribution in [0, 0.1) is 11.5 Å². The predicted octanol–water partition coefficient (Wildman–Crippen LogP) is 0.342. The van der Waals surface area contributed by atoms with E-state index in [2.05, 4.69) is 88.5 Å². The molecule has 2 aromatic rings. The van der Waals surface area contributed by atoms with Gasteiger partial charge < -0.3 is 24.8 Å². The Morgan fingerprint density at radius 2 is 1.57 bits per heavy atom. The minimum absolute atomic E-state index is 0. The second kappa shape index (κ2) is 11.7. The summed E-state index contributed by atoms with van der Waals surface area (Å²) in [6.45, 7) is 11.3. The maximum Gasteiger partial charge on any atom is 3.00 e. The van der Waals surface area contributed by atoms with Crippen LogP contribution in [-0.4, -0.2) is 9.52 Å². The minimum Gasteiger partial charge on any atom is -1.00 e. The van der Waals surface area contributed by atoms with Crippen molar-refractivity contribution in [3.8, 4) is 11.1 Å². The van der Waals surface area contributed by atoms with Crippen LogP contribution in [0.5, 0.6) is 0 Å². The number of allylic oxidation sites excluding steroid dienone is 4. The van der Waals surface area contributed by atoms with Crippen LogP contribution in [0.2, 0.25) is 13.1 Å². The Hall–Kier alpha value is -0.400. The summed E-state index contributed by atoms with van der Waals surface area (Å²) in [5.41, 5.74) is 9.87. The number of hydrogen-bond donors (Lipinski definition) is 0.